The Labute approximate surface area is 356 Å². The predicted molar refractivity (Wildman–Crippen MR) is 237 cm³/mol. The highest BCUT2D eigenvalue weighted by molar-refractivity contribution is 8.00. The van der Waals surface area contributed by atoms with E-state index in [-0.39, 0.29) is 18.2 Å². The maximum Gasteiger partial charge on any atom is 0.341 e. The second-order valence-electron chi connectivity index (χ2n) is 13.7. The number of thiophene rings is 1. The monoisotopic (exact) mass is 840 g/mol. The summed E-state index contributed by atoms with van der Waals surface area (Å²) in [5, 5.41) is 9.02. The van der Waals surface area contributed by atoms with E-state index in [4.69, 9.17) is 16.3 Å². The molecule has 3 amide bonds. The minimum absolute atomic E-state index is 0.0138. The van der Waals surface area contributed by atoms with Crippen LogP contribution in [0, 0.1) is 0 Å². The second kappa shape index (κ2) is 19.6. The van der Waals surface area contributed by atoms with Crippen molar-refractivity contribution >= 4 is 75.2 Å². The number of amides is 3. The third-order valence-corrected chi connectivity index (χ3v) is 12.1. The zero-order chi connectivity index (χ0) is 41.1. The van der Waals surface area contributed by atoms with Gasteiger partial charge in [0.2, 0.25) is 5.91 Å². The first-order valence-corrected chi connectivity index (χ1v) is 21.2. The predicted octanol–water partition coefficient (Wildman–Crippen LogP) is 10.0. The summed E-state index contributed by atoms with van der Waals surface area (Å²) in [4.78, 5) is 59.0. The van der Waals surface area contributed by atoms with Gasteiger partial charge in [0.1, 0.15) is 15.9 Å². The van der Waals surface area contributed by atoms with Crippen molar-refractivity contribution in [1.29, 1.82) is 0 Å². The smallest absolute Gasteiger partial charge is 0.341 e. The summed E-state index contributed by atoms with van der Waals surface area (Å²) in [7, 11) is 0. The molecule has 2 heterocycles. The Morgan fingerprint density at radius 1 is 0.847 bits per heavy atom. The Bertz CT molecular complexity index is 2480. The van der Waals surface area contributed by atoms with E-state index in [0.717, 1.165) is 29.1 Å². The summed E-state index contributed by atoms with van der Waals surface area (Å²) in [5.41, 5.74) is 4.79. The minimum atomic E-state index is -0.727. The zero-order valence-corrected chi connectivity index (χ0v) is 34.5. The largest absolute Gasteiger partial charge is 0.462 e. The number of nitrogens with one attached hydrogen (secondary N) is 3. The molecule has 1 atom stereocenters. The summed E-state index contributed by atoms with van der Waals surface area (Å²) >= 11 is 8.96. The molecule has 0 bridgehead atoms. The minimum Gasteiger partial charge on any atom is -0.462 e. The van der Waals surface area contributed by atoms with E-state index in [1.54, 1.807) is 85.8 Å². The molecular weight excluding hydrogens is 800 g/mol. The normalized spacial score (nSPS) is 13.2. The number of ether oxygens (including phenoxy) is 1. The number of fused-ring (bicyclic) bond motifs is 1. The van der Waals surface area contributed by atoms with Crippen molar-refractivity contribution in [2.24, 2.45) is 0 Å². The maximum atomic E-state index is 14.4. The van der Waals surface area contributed by atoms with Crippen LogP contribution in [0.4, 0.5) is 10.7 Å². The van der Waals surface area contributed by atoms with Crippen LogP contribution in [-0.2, 0) is 33.8 Å². The first-order valence-electron chi connectivity index (χ1n) is 19.1. The number of anilines is 2. The van der Waals surface area contributed by atoms with Gasteiger partial charge in [0, 0.05) is 45.7 Å². The van der Waals surface area contributed by atoms with E-state index in [1.165, 1.54) is 28.7 Å². The molecule has 3 N–H and O–H groups in total. The van der Waals surface area contributed by atoms with Gasteiger partial charge in [-0.15, -0.1) is 23.1 Å². The van der Waals surface area contributed by atoms with Crippen molar-refractivity contribution in [2.45, 2.75) is 36.6 Å². The molecule has 5 aromatic carbocycles. The zero-order valence-electron chi connectivity index (χ0n) is 32.2. The van der Waals surface area contributed by atoms with Crippen LogP contribution in [-0.4, -0.2) is 41.7 Å². The van der Waals surface area contributed by atoms with Gasteiger partial charge in [-0.25, -0.2) is 4.79 Å². The van der Waals surface area contributed by atoms with Crippen LogP contribution in [0.3, 0.4) is 0 Å². The average molecular weight is 841 g/mol. The van der Waals surface area contributed by atoms with Gasteiger partial charge in [0.15, 0.2) is 0 Å². The number of carbonyl (C=O) groups is 4. The maximum absolute atomic E-state index is 14.4. The molecular formula is C47H41ClN4O5S2. The van der Waals surface area contributed by atoms with E-state index in [9.17, 15) is 19.2 Å². The molecule has 0 saturated carbocycles. The number of halogens is 1. The molecule has 0 saturated heterocycles. The third-order valence-electron chi connectivity index (χ3n) is 9.48. The second-order valence-corrected chi connectivity index (χ2v) is 16.4. The van der Waals surface area contributed by atoms with Gasteiger partial charge in [-0.05, 0) is 84.1 Å². The van der Waals surface area contributed by atoms with Crippen molar-refractivity contribution in [2.75, 3.05) is 23.8 Å². The number of hydrogen-bond donors (Lipinski definition) is 3. The van der Waals surface area contributed by atoms with Gasteiger partial charge in [0.05, 0.1) is 12.2 Å². The van der Waals surface area contributed by atoms with Crippen LogP contribution in [0.2, 0.25) is 5.02 Å². The van der Waals surface area contributed by atoms with Crippen LogP contribution < -0.4 is 16.0 Å². The number of esters is 1. The highest BCUT2D eigenvalue weighted by Crippen LogP contribution is 2.41. The summed E-state index contributed by atoms with van der Waals surface area (Å²) in [6.07, 6.45) is 2.22. The van der Waals surface area contributed by atoms with Crippen LogP contribution in [0.1, 0.15) is 60.0 Å². The fourth-order valence-electron chi connectivity index (χ4n) is 6.71. The molecule has 1 aliphatic rings. The highest BCUT2D eigenvalue weighted by atomic mass is 35.5. The molecule has 0 fully saturated rings. The Morgan fingerprint density at radius 3 is 2.29 bits per heavy atom. The van der Waals surface area contributed by atoms with Crippen LogP contribution in [0.25, 0.3) is 6.08 Å². The fraction of sp³-hybridized carbons (Fsp3) is 0.149. The van der Waals surface area contributed by atoms with Gasteiger partial charge < -0.3 is 20.7 Å². The molecule has 1 aliphatic heterocycles. The van der Waals surface area contributed by atoms with Crippen LogP contribution in [0.5, 0.6) is 0 Å². The summed E-state index contributed by atoms with van der Waals surface area (Å²) in [6, 6.07) is 42.4. The number of hydrogen-bond acceptors (Lipinski definition) is 8. The first-order chi connectivity index (χ1) is 28.7. The van der Waals surface area contributed by atoms with Gasteiger partial charge in [0.25, 0.3) is 11.8 Å². The Balaban J connectivity index is 1.12. The lowest BCUT2D eigenvalue weighted by molar-refractivity contribution is -0.116. The number of nitrogens with zero attached hydrogens (tertiary/aromatic N) is 1. The molecule has 1 aromatic heterocycles. The van der Waals surface area contributed by atoms with Crippen LogP contribution >= 0.6 is 34.7 Å². The van der Waals surface area contributed by atoms with E-state index < -0.39 is 23.0 Å². The van der Waals surface area contributed by atoms with Gasteiger partial charge in [-0.1, -0.05) is 109 Å². The summed E-state index contributed by atoms with van der Waals surface area (Å²) in [5.74, 6) is -1.76. The van der Waals surface area contributed by atoms with Crippen LogP contribution in [0.15, 0.2) is 150 Å². The van der Waals surface area contributed by atoms with Gasteiger partial charge >= 0.3 is 5.97 Å². The molecule has 7 rings (SSSR count). The van der Waals surface area contributed by atoms with Crippen molar-refractivity contribution in [1.82, 2.24) is 10.2 Å². The Morgan fingerprint density at radius 2 is 1.56 bits per heavy atom. The standard InChI is InChI=1S/C47H41ClN4O5S2/c1-2-57-47(56)41-38-24-25-52(29-31-14-6-3-7-15-31)30-40(38)59-46(41)51-45(55)42(33-17-8-4-9-18-33)58-37-23-13-22-36(28-37)49-44(54)39(27-32-16-12-21-35(48)26-32)50-43(53)34-19-10-5-11-20-34/h3-23,26-28,42H,2,24-25,29-30H2,1H3,(H,49,54)(H,50,53)(H,51,55)/b39-27-. The number of benzene rings is 5. The average Bonchev–Trinajstić information content (AvgIpc) is 3.60. The lowest BCUT2D eigenvalue weighted by Gasteiger charge is -2.27. The topological polar surface area (TPSA) is 117 Å². The molecule has 12 heteroatoms. The van der Waals surface area contributed by atoms with Crippen molar-refractivity contribution in [3.8, 4) is 0 Å². The highest BCUT2D eigenvalue weighted by Gasteiger charge is 2.32. The number of thioether (sulfide) groups is 1. The molecule has 0 spiro atoms. The van der Waals surface area contributed by atoms with Gasteiger partial charge in [-0.3, -0.25) is 19.3 Å². The lowest BCUT2D eigenvalue weighted by atomic mass is 10.0. The van der Waals surface area contributed by atoms with Crippen molar-refractivity contribution < 1.29 is 23.9 Å². The van der Waals surface area contributed by atoms with E-state index in [1.807, 2.05) is 54.6 Å². The molecule has 9 nitrogen and oxygen atoms in total. The van der Waals surface area contributed by atoms with Crippen molar-refractivity contribution in [3.05, 3.63) is 189 Å². The van der Waals surface area contributed by atoms with Gasteiger partial charge in [-0.2, -0.15) is 0 Å². The molecule has 0 radical (unpaired) electrons. The molecule has 1 unspecified atom stereocenters. The van der Waals surface area contributed by atoms with E-state index in [2.05, 4.69) is 33.0 Å². The Kier molecular flexibility index (Phi) is 13.7. The molecule has 59 heavy (non-hydrogen) atoms. The lowest BCUT2D eigenvalue weighted by Crippen LogP contribution is -2.30. The third kappa shape index (κ3) is 10.8. The number of carbonyl (C=O) groups excluding carboxylic acids is 4. The molecule has 0 aliphatic carbocycles. The molecule has 6 aromatic rings. The SMILES string of the molecule is CCOC(=O)c1c(NC(=O)C(Sc2cccc(NC(=O)/C(=C/c3cccc(Cl)c3)NC(=O)c3ccccc3)c2)c2ccccc2)sc2c1CCN(Cc1ccccc1)C2. The quantitative estimate of drug-likeness (QED) is 0.0568. The summed E-state index contributed by atoms with van der Waals surface area (Å²) < 4.78 is 5.51. The number of rotatable bonds is 14. The van der Waals surface area contributed by atoms with E-state index in [0.29, 0.717) is 50.3 Å². The first kappa shape index (κ1) is 41.2. The molecule has 298 valence electrons. The Hall–Kier alpha value is -5.98. The fourth-order valence-corrected chi connectivity index (χ4v) is 9.27. The summed E-state index contributed by atoms with van der Waals surface area (Å²) in [6.45, 7) is 4.18. The van der Waals surface area contributed by atoms with E-state index >= 15 is 0 Å². The van der Waals surface area contributed by atoms with Crippen molar-refractivity contribution in [3.63, 3.8) is 0 Å².